The van der Waals surface area contributed by atoms with E-state index in [-0.39, 0.29) is 11.7 Å². The van der Waals surface area contributed by atoms with Crippen molar-refractivity contribution < 1.29 is 28.8 Å². The smallest absolute Gasteiger partial charge is 0.161 e. The molecule has 0 spiro atoms. The fourth-order valence-electron chi connectivity index (χ4n) is 3.38. The zero-order chi connectivity index (χ0) is 20.8. The molecule has 2 aromatic rings. The molecule has 2 atom stereocenters. The Labute approximate surface area is 166 Å². The summed E-state index contributed by atoms with van der Waals surface area (Å²) >= 11 is 0. The molecule has 0 saturated carbocycles. The molecule has 0 amide bonds. The monoisotopic (exact) mass is 388 g/mol. The molecule has 0 fully saturated rings. The van der Waals surface area contributed by atoms with Crippen molar-refractivity contribution in [3.8, 4) is 23.0 Å². The van der Waals surface area contributed by atoms with E-state index in [0.29, 0.717) is 40.5 Å². The number of benzene rings is 2. The first-order valence-electron chi connectivity index (χ1n) is 9.07. The fraction of sp³-hybridized carbons (Fsp3) is 0.409. The number of ether oxygens (including phenoxy) is 4. The van der Waals surface area contributed by atoms with Crippen LogP contribution in [0.5, 0.6) is 23.0 Å². The summed E-state index contributed by atoms with van der Waals surface area (Å²) in [4.78, 5) is 12.2. The number of Topliss-reactive ketones (excluding diaryl/α,β-unsaturated/α-hetero) is 1. The Hall–Kier alpha value is -2.73. The van der Waals surface area contributed by atoms with Crippen molar-refractivity contribution in [1.82, 2.24) is 0 Å². The first-order valence-corrected chi connectivity index (χ1v) is 9.07. The number of aliphatic hydroxyl groups is 1. The molecule has 0 bridgehead atoms. The number of hydrogen-bond donors (Lipinski definition) is 1. The zero-order valence-corrected chi connectivity index (χ0v) is 17.2. The lowest BCUT2D eigenvalue weighted by Crippen LogP contribution is -2.14. The standard InChI is InChI=1S/C22H28O6/c1-7-15(13(2)23)16-11-20(27-5)21(28-6)12-17(16)22(24)14-8-9-18(25-3)19(10-14)26-4/h8-12,15,22,24H,7H2,1-6H3. The third-order valence-electron chi connectivity index (χ3n) is 4.88. The van der Waals surface area contributed by atoms with Crippen LogP contribution in [0, 0.1) is 0 Å². The van der Waals surface area contributed by atoms with Crippen LogP contribution >= 0.6 is 0 Å². The highest BCUT2D eigenvalue weighted by atomic mass is 16.5. The van der Waals surface area contributed by atoms with Gasteiger partial charge in [-0.2, -0.15) is 0 Å². The van der Waals surface area contributed by atoms with Crippen molar-refractivity contribution in [3.63, 3.8) is 0 Å². The van der Waals surface area contributed by atoms with Gasteiger partial charge in [0.15, 0.2) is 23.0 Å². The Bertz CT molecular complexity index is 830. The van der Waals surface area contributed by atoms with Gasteiger partial charge in [0.05, 0.1) is 28.4 Å². The summed E-state index contributed by atoms with van der Waals surface area (Å²) in [6, 6.07) is 8.72. The Morgan fingerprint density at radius 1 is 0.857 bits per heavy atom. The van der Waals surface area contributed by atoms with Gasteiger partial charge >= 0.3 is 0 Å². The number of rotatable bonds is 9. The van der Waals surface area contributed by atoms with E-state index >= 15 is 0 Å². The van der Waals surface area contributed by atoms with E-state index in [1.165, 1.54) is 7.11 Å². The summed E-state index contributed by atoms with van der Waals surface area (Å²) in [5.41, 5.74) is 1.92. The number of hydrogen-bond acceptors (Lipinski definition) is 6. The van der Waals surface area contributed by atoms with Crippen LogP contribution in [0.1, 0.15) is 49.0 Å². The molecule has 6 nitrogen and oxygen atoms in total. The lowest BCUT2D eigenvalue weighted by molar-refractivity contribution is -0.118. The molecular formula is C22H28O6. The number of ketones is 1. The quantitative estimate of drug-likeness (QED) is 0.703. The summed E-state index contributed by atoms with van der Waals surface area (Å²) in [7, 11) is 6.17. The molecule has 2 unspecified atom stereocenters. The molecule has 0 saturated heterocycles. The topological polar surface area (TPSA) is 74.2 Å². The number of carbonyl (C=O) groups is 1. The lowest BCUT2D eigenvalue weighted by Gasteiger charge is -2.23. The predicted molar refractivity (Wildman–Crippen MR) is 107 cm³/mol. The highest BCUT2D eigenvalue weighted by molar-refractivity contribution is 5.84. The molecule has 152 valence electrons. The molecule has 0 aliphatic heterocycles. The predicted octanol–water partition coefficient (Wildman–Crippen LogP) is 3.89. The van der Waals surface area contributed by atoms with Crippen molar-refractivity contribution in [2.75, 3.05) is 28.4 Å². The molecule has 1 N–H and O–H groups in total. The third-order valence-corrected chi connectivity index (χ3v) is 4.88. The van der Waals surface area contributed by atoms with E-state index < -0.39 is 6.10 Å². The van der Waals surface area contributed by atoms with Crippen LogP contribution in [0.15, 0.2) is 30.3 Å². The Morgan fingerprint density at radius 3 is 1.82 bits per heavy atom. The number of methoxy groups -OCH3 is 4. The van der Waals surface area contributed by atoms with Crippen molar-refractivity contribution in [1.29, 1.82) is 0 Å². The second-order valence-electron chi connectivity index (χ2n) is 6.42. The van der Waals surface area contributed by atoms with Crippen molar-refractivity contribution in [2.45, 2.75) is 32.3 Å². The van der Waals surface area contributed by atoms with Crippen LogP contribution in [-0.4, -0.2) is 39.3 Å². The summed E-state index contributed by atoms with van der Waals surface area (Å²) in [6.45, 7) is 3.49. The minimum Gasteiger partial charge on any atom is -0.493 e. The van der Waals surface area contributed by atoms with E-state index in [4.69, 9.17) is 18.9 Å². The van der Waals surface area contributed by atoms with Crippen molar-refractivity contribution >= 4 is 5.78 Å². The van der Waals surface area contributed by atoms with E-state index in [1.54, 1.807) is 58.6 Å². The second-order valence-corrected chi connectivity index (χ2v) is 6.42. The SMILES string of the molecule is CCC(C(C)=O)c1cc(OC)c(OC)cc1C(O)c1ccc(OC)c(OC)c1. The molecule has 6 heteroatoms. The molecule has 0 aliphatic rings. The van der Waals surface area contributed by atoms with Gasteiger partial charge in [-0.1, -0.05) is 13.0 Å². The van der Waals surface area contributed by atoms with Crippen LogP contribution in [-0.2, 0) is 4.79 Å². The van der Waals surface area contributed by atoms with Gasteiger partial charge < -0.3 is 24.1 Å². The van der Waals surface area contributed by atoms with Gasteiger partial charge in [0.1, 0.15) is 11.9 Å². The molecule has 2 aromatic carbocycles. The third kappa shape index (κ3) is 4.22. The Kier molecular flexibility index (Phi) is 7.29. The minimum absolute atomic E-state index is 0.0236. The van der Waals surface area contributed by atoms with Crippen molar-refractivity contribution in [3.05, 3.63) is 47.0 Å². The van der Waals surface area contributed by atoms with Crippen LogP contribution in [0.25, 0.3) is 0 Å². The van der Waals surface area contributed by atoms with Gasteiger partial charge in [0, 0.05) is 5.92 Å². The first kappa shape index (κ1) is 21.6. The normalized spacial score (nSPS) is 12.8. The van der Waals surface area contributed by atoms with E-state index in [0.717, 1.165) is 5.56 Å². The van der Waals surface area contributed by atoms with Crippen LogP contribution in [0.4, 0.5) is 0 Å². The van der Waals surface area contributed by atoms with Gasteiger partial charge in [-0.3, -0.25) is 4.79 Å². The maximum Gasteiger partial charge on any atom is 0.161 e. The minimum atomic E-state index is -0.983. The summed E-state index contributed by atoms with van der Waals surface area (Å²) in [5.74, 6) is 1.75. The highest BCUT2D eigenvalue weighted by Crippen LogP contribution is 2.41. The molecule has 0 aliphatic carbocycles. The van der Waals surface area contributed by atoms with Gasteiger partial charge in [0.25, 0.3) is 0 Å². The van der Waals surface area contributed by atoms with Gasteiger partial charge in [0.2, 0.25) is 0 Å². The average Bonchev–Trinajstić information content (AvgIpc) is 2.72. The molecular weight excluding hydrogens is 360 g/mol. The van der Waals surface area contributed by atoms with E-state index in [1.807, 2.05) is 6.92 Å². The fourth-order valence-corrected chi connectivity index (χ4v) is 3.38. The van der Waals surface area contributed by atoms with Gasteiger partial charge in [-0.05, 0) is 54.3 Å². The second kappa shape index (κ2) is 9.46. The number of carbonyl (C=O) groups excluding carboxylic acids is 1. The highest BCUT2D eigenvalue weighted by Gasteiger charge is 2.26. The summed E-state index contributed by atoms with van der Waals surface area (Å²) in [6.07, 6.45) is -0.376. The van der Waals surface area contributed by atoms with Crippen molar-refractivity contribution in [2.24, 2.45) is 0 Å². The Balaban J connectivity index is 2.66. The summed E-state index contributed by atoms with van der Waals surface area (Å²) in [5, 5.41) is 11.2. The molecule has 0 radical (unpaired) electrons. The maximum absolute atomic E-state index is 12.2. The average molecular weight is 388 g/mol. The number of aliphatic hydroxyl groups excluding tert-OH is 1. The Morgan fingerprint density at radius 2 is 1.36 bits per heavy atom. The largest absolute Gasteiger partial charge is 0.493 e. The van der Waals surface area contributed by atoms with Crippen LogP contribution in [0.2, 0.25) is 0 Å². The lowest BCUT2D eigenvalue weighted by atomic mass is 9.85. The van der Waals surface area contributed by atoms with Crippen LogP contribution in [0.3, 0.4) is 0 Å². The summed E-state index contributed by atoms with van der Waals surface area (Å²) < 4.78 is 21.4. The maximum atomic E-state index is 12.2. The van der Waals surface area contributed by atoms with Crippen LogP contribution < -0.4 is 18.9 Å². The molecule has 0 aromatic heterocycles. The zero-order valence-electron chi connectivity index (χ0n) is 17.2. The molecule has 0 heterocycles. The van der Waals surface area contributed by atoms with E-state index in [9.17, 15) is 9.90 Å². The first-order chi connectivity index (χ1) is 13.4. The molecule has 28 heavy (non-hydrogen) atoms. The molecule has 2 rings (SSSR count). The van der Waals surface area contributed by atoms with Gasteiger partial charge in [-0.25, -0.2) is 0 Å². The van der Waals surface area contributed by atoms with E-state index in [2.05, 4.69) is 0 Å². The van der Waals surface area contributed by atoms with Gasteiger partial charge in [-0.15, -0.1) is 0 Å².